The highest BCUT2D eigenvalue weighted by atomic mass is 16.3. The molecule has 0 aliphatic heterocycles. The first kappa shape index (κ1) is 14.8. The Kier molecular flexibility index (Phi) is 4.29. The Morgan fingerprint density at radius 1 is 0.950 bits per heavy atom. The molecule has 106 valence electrons. The summed E-state index contributed by atoms with van der Waals surface area (Å²) in [6.07, 6.45) is 1.38. The molecule has 0 aliphatic carbocycles. The van der Waals surface area contributed by atoms with Crippen molar-refractivity contribution in [2.24, 2.45) is 0 Å². The smallest absolute Gasteiger partial charge is 0.0934 e. The van der Waals surface area contributed by atoms with Gasteiger partial charge in [-0.2, -0.15) is 0 Å². The second kappa shape index (κ2) is 5.80. The summed E-state index contributed by atoms with van der Waals surface area (Å²) >= 11 is 0. The van der Waals surface area contributed by atoms with E-state index in [2.05, 4.69) is 32.9 Å². The van der Waals surface area contributed by atoms with Crippen molar-refractivity contribution in [1.29, 1.82) is 0 Å². The molecule has 1 heteroatoms. The van der Waals surface area contributed by atoms with Crippen molar-refractivity contribution >= 4 is 0 Å². The van der Waals surface area contributed by atoms with E-state index in [0.29, 0.717) is 12.8 Å². The number of rotatable bonds is 4. The molecule has 0 radical (unpaired) electrons. The van der Waals surface area contributed by atoms with E-state index in [1.165, 1.54) is 22.3 Å². The van der Waals surface area contributed by atoms with Crippen molar-refractivity contribution in [3.05, 3.63) is 70.3 Å². The van der Waals surface area contributed by atoms with E-state index in [-0.39, 0.29) is 0 Å². The highest BCUT2D eigenvalue weighted by molar-refractivity contribution is 5.39. The Morgan fingerprint density at radius 2 is 1.50 bits per heavy atom. The van der Waals surface area contributed by atoms with E-state index < -0.39 is 5.60 Å². The summed E-state index contributed by atoms with van der Waals surface area (Å²) in [5.41, 5.74) is 5.30. The molecular weight excluding hydrogens is 244 g/mol. The minimum Gasteiger partial charge on any atom is -0.385 e. The standard InChI is InChI=1S/C19H24O/c1-5-19(20,17-9-7-6-8-10-17)13-18-15(3)11-14(2)12-16(18)4/h6-12,20H,5,13H2,1-4H3. The summed E-state index contributed by atoms with van der Waals surface area (Å²) in [4.78, 5) is 0. The normalized spacial score (nSPS) is 14.1. The van der Waals surface area contributed by atoms with E-state index in [0.717, 1.165) is 5.56 Å². The van der Waals surface area contributed by atoms with Crippen LogP contribution in [0.25, 0.3) is 0 Å². The van der Waals surface area contributed by atoms with E-state index in [1.807, 2.05) is 37.3 Å². The van der Waals surface area contributed by atoms with E-state index >= 15 is 0 Å². The van der Waals surface area contributed by atoms with Gasteiger partial charge >= 0.3 is 0 Å². The maximum atomic E-state index is 11.1. The van der Waals surface area contributed by atoms with Crippen molar-refractivity contribution < 1.29 is 5.11 Å². The van der Waals surface area contributed by atoms with Gasteiger partial charge in [0.1, 0.15) is 0 Å². The lowest BCUT2D eigenvalue weighted by Gasteiger charge is -2.29. The average molecular weight is 268 g/mol. The van der Waals surface area contributed by atoms with Gasteiger partial charge in [-0.25, -0.2) is 0 Å². The molecule has 0 heterocycles. The van der Waals surface area contributed by atoms with Crippen LogP contribution in [0, 0.1) is 20.8 Å². The quantitative estimate of drug-likeness (QED) is 0.868. The molecule has 0 spiro atoms. The Morgan fingerprint density at radius 3 is 2.00 bits per heavy atom. The molecular formula is C19H24O. The largest absolute Gasteiger partial charge is 0.385 e. The molecule has 2 rings (SSSR count). The Labute approximate surface area is 122 Å². The van der Waals surface area contributed by atoms with Gasteiger partial charge in [-0.15, -0.1) is 0 Å². The zero-order valence-corrected chi connectivity index (χ0v) is 12.9. The topological polar surface area (TPSA) is 20.2 Å². The van der Waals surface area contributed by atoms with Crippen molar-refractivity contribution in [1.82, 2.24) is 0 Å². The van der Waals surface area contributed by atoms with Gasteiger partial charge in [-0.1, -0.05) is 55.0 Å². The molecule has 20 heavy (non-hydrogen) atoms. The summed E-state index contributed by atoms with van der Waals surface area (Å²) in [5, 5.41) is 11.1. The van der Waals surface area contributed by atoms with Gasteiger partial charge in [0.25, 0.3) is 0 Å². The van der Waals surface area contributed by atoms with Gasteiger partial charge in [-0.3, -0.25) is 0 Å². The second-order valence-corrected chi connectivity index (χ2v) is 5.81. The molecule has 0 aromatic heterocycles. The van der Waals surface area contributed by atoms with Crippen molar-refractivity contribution in [3.63, 3.8) is 0 Å². The monoisotopic (exact) mass is 268 g/mol. The number of aliphatic hydroxyl groups is 1. The lowest BCUT2D eigenvalue weighted by Crippen LogP contribution is -2.28. The molecule has 1 N–H and O–H groups in total. The third kappa shape index (κ3) is 2.94. The first-order valence-corrected chi connectivity index (χ1v) is 7.31. The summed E-state index contributed by atoms with van der Waals surface area (Å²) in [6.45, 7) is 8.44. The van der Waals surface area contributed by atoms with Crippen molar-refractivity contribution in [3.8, 4) is 0 Å². The van der Waals surface area contributed by atoms with E-state index in [9.17, 15) is 5.11 Å². The zero-order chi connectivity index (χ0) is 14.8. The van der Waals surface area contributed by atoms with Gasteiger partial charge in [-0.05, 0) is 49.4 Å². The molecule has 0 saturated carbocycles. The number of hydrogen-bond donors (Lipinski definition) is 1. The van der Waals surface area contributed by atoms with Gasteiger partial charge in [0.15, 0.2) is 0 Å². The lowest BCUT2D eigenvalue weighted by atomic mass is 9.82. The summed E-state index contributed by atoms with van der Waals surface area (Å²) < 4.78 is 0. The molecule has 2 aromatic carbocycles. The highest BCUT2D eigenvalue weighted by Gasteiger charge is 2.28. The van der Waals surface area contributed by atoms with Crippen LogP contribution < -0.4 is 0 Å². The fourth-order valence-corrected chi connectivity index (χ4v) is 2.96. The van der Waals surface area contributed by atoms with Gasteiger partial charge in [0.05, 0.1) is 5.60 Å². The minimum absolute atomic E-state index is 0.672. The lowest BCUT2D eigenvalue weighted by molar-refractivity contribution is 0.0324. The van der Waals surface area contributed by atoms with Crippen LogP contribution in [0.15, 0.2) is 42.5 Å². The molecule has 0 amide bonds. The summed E-state index contributed by atoms with van der Waals surface area (Å²) in [5.74, 6) is 0. The molecule has 1 atom stereocenters. The number of benzene rings is 2. The van der Waals surface area contributed by atoms with Crippen LogP contribution in [-0.4, -0.2) is 5.11 Å². The molecule has 1 nitrogen and oxygen atoms in total. The van der Waals surface area contributed by atoms with Crippen LogP contribution in [0.1, 0.15) is 41.2 Å². The number of hydrogen-bond acceptors (Lipinski definition) is 1. The molecule has 0 fully saturated rings. The maximum absolute atomic E-state index is 11.1. The van der Waals surface area contributed by atoms with Gasteiger partial charge in [0, 0.05) is 6.42 Å². The molecule has 2 aromatic rings. The second-order valence-electron chi connectivity index (χ2n) is 5.81. The van der Waals surface area contributed by atoms with E-state index in [4.69, 9.17) is 0 Å². The van der Waals surface area contributed by atoms with Crippen LogP contribution >= 0.6 is 0 Å². The maximum Gasteiger partial charge on any atom is 0.0934 e. The first-order chi connectivity index (χ1) is 9.46. The van der Waals surface area contributed by atoms with Crippen LogP contribution in [0.5, 0.6) is 0 Å². The highest BCUT2D eigenvalue weighted by Crippen LogP contribution is 2.31. The third-order valence-corrected chi connectivity index (χ3v) is 4.21. The Balaban J connectivity index is 2.41. The van der Waals surface area contributed by atoms with Crippen molar-refractivity contribution in [2.45, 2.75) is 46.1 Å². The van der Waals surface area contributed by atoms with Crippen molar-refractivity contribution in [2.75, 3.05) is 0 Å². The Bertz CT molecular complexity index is 563. The van der Waals surface area contributed by atoms with Gasteiger partial charge in [0.2, 0.25) is 0 Å². The van der Waals surface area contributed by atoms with E-state index in [1.54, 1.807) is 0 Å². The predicted octanol–water partition coefficient (Wildman–Crippen LogP) is 4.45. The predicted molar refractivity (Wildman–Crippen MR) is 85.0 cm³/mol. The summed E-state index contributed by atoms with van der Waals surface area (Å²) in [7, 11) is 0. The molecule has 0 saturated heterocycles. The van der Waals surface area contributed by atoms with Gasteiger partial charge < -0.3 is 5.11 Å². The van der Waals surface area contributed by atoms with Crippen LogP contribution in [0.4, 0.5) is 0 Å². The number of aryl methyl sites for hydroxylation is 3. The zero-order valence-electron chi connectivity index (χ0n) is 12.9. The SMILES string of the molecule is CCC(O)(Cc1c(C)cc(C)cc1C)c1ccccc1. The first-order valence-electron chi connectivity index (χ1n) is 7.31. The third-order valence-electron chi connectivity index (χ3n) is 4.21. The average Bonchev–Trinajstić information content (AvgIpc) is 2.43. The Hall–Kier alpha value is -1.60. The molecule has 1 unspecified atom stereocenters. The van der Waals surface area contributed by atoms with Crippen LogP contribution in [-0.2, 0) is 12.0 Å². The fourth-order valence-electron chi connectivity index (χ4n) is 2.96. The van der Waals surface area contributed by atoms with Crippen LogP contribution in [0.3, 0.4) is 0 Å². The fraction of sp³-hybridized carbons (Fsp3) is 0.368. The molecule has 0 aliphatic rings. The minimum atomic E-state index is -0.786. The van der Waals surface area contributed by atoms with Crippen LogP contribution in [0.2, 0.25) is 0 Å². The molecule has 0 bridgehead atoms. The summed E-state index contributed by atoms with van der Waals surface area (Å²) in [6, 6.07) is 14.4.